The van der Waals surface area contributed by atoms with Crippen molar-refractivity contribution in [1.82, 2.24) is 0 Å². The largest absolute Gasteiger partial charge is 0.388 e. The third-order valence-electron chi connectivity index (χ3n) is 4.41. The molecule has 1 aromatic carbocycles. The van der Waals surface area contributed by atoms with Crippen LogP contribution >= 0.6 is 0 Å². The molecule has 0 bridgehead atoms. The lowest BCUT2D eigenvalue weighted by Gasteiger charge is -2.38. The second kappa shape index (κ2) is 4.56. The first kappa shape index (κ1) is 12.0. The summed E-state index contributed by atoms with van der Waals surface area (Å²) >= 11 is 0. The molecule has 0 spiro atoms. The molecule has 1 aliphatic carbocycles. The fourth-order valence-corrected chi connectivity index (χ4v) is 3.37. The van der Waals surface area contributed by atoms with Crippen LogP contribution in [0.1, 0.15) is 43.7 Å². The fraction of sp³-hybridized carbons (Fsp3) is 0.600. The van der Waals surface area contributed by atoms with E-state index in [0.29, 0.717) is 0 Å². The van der Waals surface area contributed by atoms with Crippen LogP contribution in [0.25, 0.3) is 0 Å². The Morgan fingerprint density at radius 2 is 2.00 bits per heavy atom. The van der Waals surface area contributed by atoms with Gasteiger partial charge in [-0.3, -0.25) is 0 Å². The van der Waals surface area contributed by atoms with Gasteiger partial charge in [-0.25, -0.2) is 0 Å². The van der Waals surface area contributed by atoms with Crippen LogP contribution in [0.5, 0.6) is 0 Å². The van der Waals surface area contributed by atoms with E-state index in [0.717, 1.165) is 45.2 Å². The summed E-state index contributed by atoms with van der Waals surface area (Å²) < 4.78 is 0. The Labute approximate surface area is 109 Å². The summed E-state index contributed by atoms with van der Waals surface area (Å²) in [6.07, 6.45) is 5.18. The average molecular weight is 246 g/mol. The number of hydrogen-bond donors (Lipinski definition) is 2. The molecule has 1 atom stereocenters. The minimum absolute atomic E-state index is 0.149. The molecule has 18 heavy (non-hydrogen) atoms. The van der Waals surface area contributed by atoms with Crippen LogP contribution in [0.3, 0.4) is 0 Å². The lowest BCUT2D eigenvalue weighted by molar-refractivity contribution is 0.0543. The van der Waals surface area contributed by atoms with Gasteiger partial charge in [0.15, 0.2) is 0 Å². The molecule has 0 amide bonds. The topological polar surface area (TPSA) is 49.5 Å². The van der Waals surface area contributed by atoms with E-state index in [1.54, 1.807) is 0 Å². The smallest absolute Gasteiger partial charge is 0.0821 e. The standard InChI is InChI=1S/C15H22N2O/c16-13-7-10-17(11-15(18)8-3-4-9-15)14-6-2-1-5-12(13)14/h1-2,5-6,13,18H,3-4,7-11,16H2. The van der Waals surface area contributed by atoms with Crippen molar-refractivity contribution in [3.05, 3.63) is 29.8 Å². The van der Waals surface area contributed by atoms with E-state index >= 15 is 0 Å². The van der Waals surface area contributed by atoms with Crippen LogP contribution < -0.4 is 10.6 Å². The van der Waals surface area contributed by atoms with Crippen molar-refractivity contribution in [2.75, 3.05) is 18.0 Å². The van der Waals surface area contributed by atoms with Crippen LogP contribution in [0.15, 0.2) is 24.3 Å². The summed E-state index contributed by atoms with van der Waals surface area (Å²) in [5.74, 6) is 0. The average Bonchev–Trinajstić information content (AvgIpc) is 2.80. The molecule has 3 N–H and O–H groups in total. The molecule has 1 saturated carbocycles. The highest BCUT2D eigenvalue weighted by molar-refractivity contribution is 5.57. The molecule has 3 rings (SSSR count). The van der Waals surface area contributed by atoms with Crippen molar-refractivity contribution in [2.45, 2.75) is 43.7 Å². The zero-order chi connectivity index (χ0) is 12.6. The normalized spacial score (nSPS) is 26.1. The first-order chi connectivity index (χ1) is 8.68. The summed E-state index contributed by atoms with van der Waals surface area (Å²) in [7, 11) is 0. The zero-order valence-electron chi connectivity index (χ0n) is 10.8. The van der Waals surface area contributed by atoms with Crippen molar-refractivity contribution >= 4 is 5.69 Å². The van der Waals surface area contributed by atoms with Crippen molar-refractivity contribution in [2.24, 2.45) is 5.73 Å². The van der Waals surface area contributed by atoms with Gasteiger partial charge in [-0.1, -0.05) is 31.0 Å². The number of hydrogen-bond acceptors (Lipinski definition) is 3. The van der Waals surface area contributed by atoms with E-state index in [-0.39, 0.29) is 6.04 Å². The lowest BCUT2D eigenvalue weighted by atomic mass is 9.94. The minimum atomic E-state index is -0.478. The van der Waals surface area contributed by atoms with Crippen LogP contribution in [-0.2, 0) is 0 Å². The SMILES string of the molecule is NC1CCN(CC2(O)CCCC2)c2ccccc21. The van der Waals surface area contributed by atoms with Gasteiger partial charge in [0.25, 0.3) is 0 Å². The number of benzene rings is 1. The maximum Gasteiger partial charge on any atom is 0.0821 e. The van der Waals surface area contributed by atoms with E-state index in [1.165, 1.54) is 11.3 Å². The van der Waals surface area contributed by atoms with E-state index in [1.807, 2.05) is 6.07 Å². The quantitative estimate of drug-likeness (QED) is 0.841. The summed E-state index contributed by atoms with van der Waals surface area (Å²) in [4.78, 5) is 2.32. The summed E-state index contributed by atoms with van der Waals surface area (Å²) in [6.45, 7) is 1.72. The Morgan fingerprint density at radius 1 is 1.28 bits per heavy atom. The third kappa shape index (κ3) is 2.13. The van der Waals surface area contributed by atoms with Gasteiger partial charge in [-0.2, -0.15) is 0 Å². The molecule has 0 saturated heterocycles. The Hall–Kier alpha value is -1.06. The molecule has 1 unspecified atom stereocenters. The van der Waals surface area contributed by atoms with Crippen molar-refractivity contribution in [3.63, 3.8) is 0 Å². The van der Waals surface area contributed by atoms with Gasteiger partial charge in [0.2, 0.25) is 0 Å². The molecule has 1 heterocycles. The van der Waals surface area contributed by atoms with Crippen molar-refractivity contribution < 1.29 is 5.11 Å². The third-order valence-corrected chi connectivity index (χ3v) is 4.41. The molecule has 98 valence electrons. The van der Waals surface area contributed by atoms with Gasteiger partial charge >= 0.3 is 0 Å². The summed E-state index contributed by atoms with van der Waals surface area (Å²) in [5.41, 5.74) is 8.13. The molecule has 1 aliphatic heterocycles. The van der Waals surface area contributed by atoms with Gasteiger partial charge < -0.3 is 15.7 Å². The van der Waals surface area contributed by atoms with Crippen LogP contribution in [-0.4, -0.2) is 23.8 Å². The van der Waals surface area contributed by atoms with Crippen molar-refractivity contribution in [1.29, 1.82) is 0 Å². The van der Waals surface area contributed by atoms with Gasteiger partial charge in [0.05, 0.1) is 5.60 Å². The second-order valence-corrected chi connectivity index (χ2v) is 5.81. The number of β-amino-alcohol motifs (C(OH)–C–C–N with tert-alkyl or cyclic N) is 1. The molecule has 1 aromatic rings. The number of fused-ring (bicyclic) bond motifs is 1. The van der Waals surface area contributed by atoms with E-state index in [2.05, 4.69) is 23.1 Å². The number of anilines is 1. The number of nitrogens with zero attached hydrogens (tertiary/aromatic N) is 1. The van der Waals surface area contributed by atoms with Crippen LogP contribution in [0, 0.1) is 0 Å². The van der Waals surface area contributed by atoms with Gasteiger partial charge in [0.1, 0.15) is 0 Å². The number of rotatable bonds is 2. The first-order valence-electron chi connectivity index (χ1n) is 7.00. The Morgan fingerprint density at radius 3 is 2.78 bits per heavy atom. The van der Waals surface area contributed by atoms with Crippen molar-refractivity contribution in [3.8, 4) is 0 Å². The van der Waals surface area contributed by atoms with Gasteiger partial charge in [-0.05, 0) is 30.9 Å². The van der Waals surface area contributed by atoms with E-state index < -0.39 is 5.60 Å². The van der Waals surface area contributed by atoms with E-state index in [9.17, 15) is 5.11 Å². The Bertz CT molecular complexity index is 426. The molecule has 0 aromatic heterocycles. The fourth-order valence-electron chi connectivity index (χ4n) is 3.37. The second-order valence-electron chi connectivity index (χ2n) is 5.81. The zero-order valence-corrected chi connectivity index (χ0v) is 10.8. The predicted octanol–water partition coefficient (Wildman–Crippen LogP) is 2.20. The minimum Gasteiger partial charge on any atom is -0.388 e. The number of aliphatic hydroxyl groups is 1. The van der Waals surface area contributed by atoms with Crippen LogP contribution in [0.2, 0.25) is 0 Å². The molecule has 1 fully saturated rings. The number of para-hydroxylation sites is 1. The maximum atomic E-state index is 10.6. The highest BCUT2D eigenvalue weighted by Gasteiger charge is 2.35. The highest BCUT2D eigenvalue weighted by atomic mass is 16.3. The first-order valence-corrected chi connectivity index (χ1v) is 7.00. The lowest BCUT2D eigenvalue weighted by Crippen LogP contribution is -2.44. The molecule has 2 aliphatic rings. The molecule has 3 heteroatoms. The Kier molecular flexibility index (Phi) is 3.04. The molecule has 0 radical (unpaired) electrons. The van der Waals surface area contributed by atoms with Gasteiger partial charge in [-0.15, -0.1) is 0 Å². The Balaban J connectivity index is 1.84. The highest BCUT2D eigenvalue weighted by Crippen LogP contribution is 2.36. The summed E-state index contributed by atoms with van der Waals surface area (Å²) in [5, 5.41) is 10.6. The molecular formula is C15H22N2O. The number of nitrogens with two attached hydrogens (primary N) is 1. The van der Waals surface area contributed by atoms with E-state index in [4.69, 9.17) is 5.73 Å². The molecular weight excluding hydrogens is 224 g/mol. The van der Waals surface area contributed by atoms with Gasteiger partial charge in [0, 0.05) is 24.8 Å². The summed E-state index contributed by atoms with van der Waals surface area (Å²) in [6, 6.07) is 8.50. The monoisotopic (exact) mass is 246 g/mol. The predicted molar refractivity (Wildman–Crippen MR) is 73.6 cm³/mol. The molecule has 3 nitrogen and oxygen atoms in total. The maximum absolute atomic E-state index is 10.6. The van der Waals surface area contributed by atoms with Crippen LogP contribution in [0.4, 0.5) is 5.69 Å².